The summed E-state index contributed by atoms with van der Waals surface area (Å²) >= 11 is 0. The van der Waals surface area contributed by atoms with E-state index in [9.17, 15) is 4.79 Å². The number of rotatable bonds is 8. The summed E-state index contributed by atoms with van der Waals surface area (Å²) < 4.78 is 0. The van der Waals surface area contributed by atoms with Gasteiger partial charge < -0.3 is 15.3 Å². The summed E-state index contributed by atoms with van der Waals surface area (Å²) in [6, 6.07) is 1.15. The predicted molar refractivity (Wildman–Crippen MR) is 79.5 cm³/mol. The first-order chi connectivity index (χ1) is 9.72. The van der Waals surface area contributed by atoms with E-state index in [0.717, 1.165) is 32.0 Å². The minimum absolute atomic E-state index is 0.0603. The topological polar surface area (TPSA) is 55.8 Å². The van der Waals surface area contributed by atoms with Crippen LogP contribution in [0.15, 0.2) is 12.7 Å². The Kier molecular flexibility index (Phi) is 6.01. The molecule has 1 saturated carbocycles. The molecule has 2 rings (SSSR count). The Morgan fingerprint density at radius 2 is 2.05 bits per heavy atom. The maximum Gasteiger partial charge on any atom is 0.234 e. The van der Waals surface area contributed by atoms with Crippen molar-refractivity contribution >= 4 is 5.91 Å². The van der Waals surface area contributed by atoms with Crippen LogP contribution in [-0.2, 0) is 4.79 Å². The zero-order valence-electron chi connectivity index (χ0n) is 12.3. The van der Waals surface area contributed by atoms with Crippen LogP contribution < -0.4 is 5.32 Å². The van der Waals surface area contributed by atoms with Crippen molar-refractivity contribution in [3.63, 3.8) is 0 Å². The standard InChI is InChI=1S/C15H27N3O2/c1-2-7-17(10-11-19)12-15(20)16-13-5-8-18(9-6-13)14-3-4-14/h2,13-14,19H,1,3-12H2,(H,16,20). The highest BCUT2D eigenvalue weighted by molar-refractivity contribution is 5.78. The number of carbonyl (C=O) groups excluding carboxylic acids is 1. The van der Waals surface area contributed by atoms with E-state index in [4.69, 9.17) is 5.11 Å². The molecular weight excluding hydrogens is 254 g/mol. The van der Waals surface area contributed by atoms with E-state index in [1.165, 1.54) is 12.8 Å². The van der Waals surface area contributed by atoms with Crippen molar-refractivity contribution < 1.29 is 9.90 Å². The van der Waals surface area contributed by atoms with E-state index >= 15 is 0 Å². The largest absolute Gasteiger partial charge is 0.395 e. The van der Waals surface area contributed by atoms with Gasteiger partial charge in [0.1, 0.15) is 0 Å². The highest BCUT2D eigenvalue weighted by Crippen LogP contribution is 2.29. The fourth-order valence-corrected chi connectivity index (χ4v) is 2.88. The fraction of sp³-hybridized carbons (Fsp3) is 0.800. The van der Waals surface area contributed by atoms with Gasteiger partial charge in [-0.2, -0.15) is 0 Å². The average molecular weight is 281 g/mol. The highest BCUT2D eigenvalue weighted by atomic mass is 16.3. The molecule has 1 heterocycles. The summed E-state index contributed by atoms with van der Waals surface area (Å²) in [5.41, 5.74) is 0. The van der Waals surface area contributed by atoms with Gasteiger partial charge in [-0.1, -0.05) is 6.08 Å². The van der Waals surface area contributed by atoms with Gasteiger partial charge in [-0.15, -0.1) is 6.58 Å². The molecule has 1 amide bonds. The predicted octanol–water partition coefficient (Wildman–Crippen LogP) is 0.210. The van der Waals surface area contributed by atoms with Crippen molar-refractivity contribution in [3.05, 3.63) is 12.7 Å². The van der Waals surface area contributed by atoms with Gasteiger partial charge >= 0.3 is 0 Å². The molecule has 1 saturated heterocycles. The normalized spacial score (nSPS) is 21.1. The van der Waals surface area contributed by atoms with Crippen LogP contribution in [-0.4, -0.2) is 72.2 Å². The second kappa shape index (κ2) is 7.76. The number of likely N-dealkylation sites (tertiary alicyclic amines) is 1. The Morgan fingerprint density at radius 1 is 1.35 bits per heavy atom. The zero-order chi connectivity index (χ0) is 14.4. The second-order valence-electron chi connectivity index (χ2n) is 5.86. The molecule has 0 aromatic rings. The summed E-state index contributed by atoms with van der Waals surface area (Å²) in [5.74, 6) is 0.0603. The summed E-state index contributed by atoms with van der Waals surface area (Å²) in [6.07, 6.45) is 6.59. The lowest BCUT2D eigenvalue weighted by molar-refractivity contribution is -0.123. The molecule has 2 aliphatic rings. The molecule has 20 heavy (non-hydrogen) atoms. The second-order valence-corrected chi connectivity index (χ2v) is 5.86. The number of amides is 1. The van der Waals surface area contributed by atoms with Gasteiger partial charge in [0.05, 0.1) is 13.2 Å². The van der Waals surface area contributed by atoms with Crippen molar-refractivity contribution in [1.82, 2.24) is 15.1 Å². The molecule has 0 unspecified atom stereocenters. The van der Waals surface area contributed by atoms with Crippen LogP contribution in [0.3, 0.4) is 0 Å². The quantitative estimate of drug-likeness (QED) is 0.625. The molecule has 0 radical (unpaired) electrons. The lowest BCUT2D eigenvalue weighted by atomic mass is 10.0. The summed E-state index contributed by atoms with van der Waals surface area (Å²) in [5, 5.41) is 12.1. The van der Waals surface area contributed by atoms with Crippen molar-refractivity contribution in [1.29, 1.82) is 0 Å². The number of nitrogens with one attached hydrogen (secondary N) is 1. The molecule has 5 nitrogen and oxygen atoms in total. The molecule has 5 heteroatoms. The van der Waals surface area contributed by atoms with Gasteiger partial charge in [-0.3, -0.25) is 9.69 Å². The van der Waals surface area contributed by atoms with E-state index in [2.05, 4.69) is 16.8 Å². The Labute approximate surface area is 121 Å². The van der Waals surface area contributed by atoms with Crippen LogP contribution in [0, 0.1) is 0 Å². The smallest absolute Gasteiger partial charge is 0.234 e. The van der Waals surface area contributed by atoms with Crippen LogP contribution in [0.25, 0.3) is 0 Å². The minimum Gasteiger partial charge on any atom is -0.395 e. The van der Waals surface area contributed by atoms with Gasteiger partial charge in [0.2, 0.25) is 5.91 Å². The molecule has 1 aliphatic carbocycles. The molecule has 0 aromatic carbocycles. The SMILES string of the molecule is C=CCN(CCO)CC(=O)NC1CCN(C2CC2)CC1. The minimum atomic E-state index is 0.0603. The van der Waals surface area contributed by atoms with Crippen LogP contribution in [0.5, 0.6) is 0 Å². The van der Waals surface area contributed by atoms with Gasteiger partial charge in [0.25, 0.3) is 0 Å². The molecule has 2 N–H and O–H groups in total. The fourth-order valence-electron chi connectivity index (χ4n) is 2.88. The Morgan fingerprint density at radius 3 is 2.60 bits per heavy atom. The first-order valence-corrected chi connectivity index (χ1v) is 7.70. The zero-order valence-corrected chi connectivity index (χ0v) is 12.3. The monoisotopic (exact) mass is 281 g/mol. The Hall–Kier alpha value is -0.910. The number of aliphatic hydroxyl groups is 1. The van der Waals surface area contributed by atoms with Crippen LogP contribution in [0.4, 0.5) is 0 Å². The highest BCUT2D eigenvalue weighted by Gasteiger charge is 2.32. The molecule has 0 spiro atoms. The van der Waals surface area contributed by atoms with Crippen molar-refractivity contribution in [2.24, 2.45) is 0 Å². The number of nitrogens with zero attached hydrogens (tertiary/aromatic N) is 2. The Bertz CT molecular complexity index is 323. The van der Waals surface area contributed by atoms with Gasteiger partial charge in [0.15, 0.2) is 0 Å². The number of hydrogen-bond donors (Lipinski definition) is 2. The van der Waals surface area contributed by atoms with E-state index in [1.54, 1.807) is 6.08 Å². The third-order valence-corrected chi connectivity index (χ3v) is 4.13. The molecule has 0 bridgehead atoms. The van der Waals surface area contributed by atoms with E-state index in [-0.39, 0.29) is 12.5 Å². The molecule has 1 aliphatic heterocycles. The lowest BCUT2D eigenvalue weighted by Crippen LogP contribution is -2.48. The first kappa shape index (κ1) is 15.5. The van der Waals surface area contributed by atoms with E-state index < -0.39 is 0 Å². The van der Waals surface area contributed by atoms with Crippen LogP contribution in [0.1, 0.15) is 25.7 Å². The molecular formula is C15H27N3O2. The number of aliphatic hydroxyl groups excluding tert-OH is 1. The average Bonchev–Trinajstić information content (AvgIpc) is 3.24. The van der Waals surface area contributed by atoms with Crippen LogP contribution >= 0.6 is 0 Å². The third kappa shape index (κ3) is 4.89. The number of piperidine rings is 1. The third-order valence-electron chi connectivity index (χ3n) is 4.13. The van der Waals surface area contributed by atoms with Crippen molar-refractivity contribution in [2.45, 2.75) is 37.8 Å². The molecule has 2 fully saturated rings. The maximum absolute atomic E-state index is 12.0. The molecule has 0 aromatic heterocycles. The van der Waals surface area contributed by atoms with Gasteiger partial charge in [-0.05, 0) is 25.7 Å². The lowest BCUT2D eigenvalue weighted by Gasteiger charge is -2.32. The number of hydrogen-bond acceptors (Lipinski definition) is 4. The molecule has 114 valence electrons. The number of carbonyl (C=O) groups is 1. The summed E-state index contributed by atoms with van der Waals surface area (Å²) in [4.78, 5) is 16.5. The van der Waals surface area contributed by atoms with Crippen LogP contribution in [0.2, 0.25) is 0 Å². The first-order valence-electron chi connectivity index (χ1n) is 7.70. The molecule has 0 atom stereocenters. The summed E-state index contributed by atoms with van der Waals surface area (Å²) in [6.45, 7) is 7.46. The van der Waals surface area contributed by atoms with Crippen molar-refractivity contribution in [2.75, 3.05) is 39.3 Å². The maximum atomic E-state index is 12.0. The van der Waals surface area contributed by atoms with E-state index in [0.29, 0.717) is 25.7 Å². The van der Waals surface area contributed by atoms with E-state index in [1.807, 2.05) is 4.90 Å². The van der Waals surface area contributed by atoms with Gasteiger partial charge in [-0.25, -0.2) is 0 Å². The Balaban J connectivity index is 1.66. The van der Waals surface area contributed by atoms with Gasteiger partial charge in [0, 0.05) is 38.3 Å². The van der Waals surface area contributed by atoms with Crippen molar-refractivity contribution in [3.8, 4) is 0 Å². The summed E-state index contributed by atoms with van der Waals surface area (Å²) in [7, 11) is 0.